The van der Waals surface area contributed by atoms with Crippen LogP contribution in [0.15, 0.2) is 36.4 Å². The number of hydrogen-bond acceptors (Lipinski definition) is 3. The molecule has 2 aliphatic rings. The zero-order valence-electron chi connectivity index (χ0n) is 17.5. The van der Waals surface area contributed by atoms with Gasteiger partial charge in [-0.3, -0.25) is 4.79 Å². The molecule has 0 unspecified atom stereocenters. The second-order valence-corrected chi connectivity index (χ2v) is 8.92. The predicted molar refractivity (Wildman–Crippen MR) is 118 cm³/mol. The average molecular weight is 412 g/mol. The first-order chi connectivity index (χ1) is 14.0. The standard InChI is InChI=1S/C24H30ClN3O/c1-18-14-20(4-3-9-27-12-10-26(2)11-13-27)15-21-17-28(24(29)23(18)21)16-19-5-7-22(25)8-6-19/h5-8,14-15H,3-4,9-13,16-17H2,1-2H3. The lowest BCUT2D eigenvalue weighted by Gasteiger charge is -2.32. The van der Waals surface area contributed by atoms with E-state index in [1.807, 2.05) is 29.2 Å². The van der Waals surface area contributed by atoms with Crippen molar-refractivity contribution >= 4 is 17.5 Å². The quantitative estimate of drug-likeness (QED) is 0.719. The van der Waals surface area contributed by atoms with E-state index in [-0.39, 0.29) is 5.91 Å². The second-order valence-electron chi connectivity index (χ2n) is 8.48. The highest BCUT2D eigenvalue weighted by atomic mass is 35.5. The Labute approximate surface area is 179 Å². The van der Waals surface area contributed by atoms with Crippen LogP contribution in [0.4, 0.5) is 0 Å². The zero-order chi connectivity index (χ0) is 20.4. The molecule has 5 heteroatoms. The Balaban J connectivity index is 1.37. The van der Waals surface area contributed by atoms with Crippen molar-refractivity contribution < 1.29 is 4.79 Å². The number of rotatable bonds is 6. The van der Waals surface area contributed by atoms with Gasteiger partial charge in [0.2, 0.25) is 0 Å². The molecule has 0 N–H and O–H groups in total. The van der Waals surface area contributed by atoms with Gasteiger partial charge in [0.05, 0.1) is 0 Å². The minimum atomic E-state index is 0.149. The van der Waals surface area contributed by atoms with Crippen molar-refractivity contribution in [1.82, 2.24) is 14.7 Å². The molecule has 4 nitrogen and oxygen atoms in total. The highest BCUT2D eigenvalue weighted by Crippen LogP contribution is 2.29. The summed E-state index contributed by atoms with van der Waals surface area (Å²) in [6.45, 7) is 9.25. The van der Waals surface area contributed by atoms with Crippen molar-refractivity contribution in [3.8, 4) is 0 Å². The fourth-order valence-corrected chi connectivity index (χ4v) is 4.59. The Kier molecular flexibility index (Phi) is 6.23. The van der Waals surface area contributed by atoms with E-state index >= 15 is 0 Å². The highest BCUT2D eigenvalue weighted by Gasteiger charge is 2.29. The van der Waals surface area contributed by atoms with Gasteiger partial charge in [-0.05, 0) is 67.7 Å². The van der Waals surface area contributed by atoms with Gasteiger partial charge in [0.25, 0.3) is 5.91 Å². The van der Waals surface area contributed by atoms with Crippen LogP contribution < -0.4 is 0 Å². The van der Waals surface area contributed by atoms with Crippen molar-refractivity contribution in [1.29, 1.82) is 0 Å². The van der Waals surface area contributed by atoms with Crippen LogP contribution in [0.3, 0.4) is 0 Å². The molecule has 0 radical (unpaired) electrons. The molecule has 4 rings (SSSR count). The lowest BCUT2D eigenvalue weighted by atomic mass is 9.98. The summed E-state index contributed by atoms with van der Waals surface area (Å²) < 4.78 is 0. The van der Waals surface area contributed by atoms with Gasteiger partial charge >= 0.3 is 0 Å². The number of aryl methyl sites for hydroxylation is 2. The predicted octanol–water partition coefficient (Wildman–Crippen LogP) is 3.98. The van der Waals surface area contributed by atoms with Crippen LogP contribution in [-0.2, 0) is 19.5 Å². The number of piperazine rings is 1. The van der Waals surface area contributed by atoms with Gasteiger partial charge < -0.3 is 14.7 Å². The Bertz CT molecular complexity index is 872. The number of hydrogen-bond donors (Lipinski definition) is 0. The van der Waals surface area contributed by atoms with E-state index in [1.54, 1.807) is 0 Å². The molecule has 2 aromatic carbocycles. The normalized spacial score (nSPS) is 17.8. The molecule has 1 saturated heterocycles. The van der Waals surface area contributed by atoms with Crippen molar-refractivity contribution in [2.75, 3.05) is 39.8 Å². The summed E-state index contributed by atoms with van der Waals surface area (Å²) in [5.41, 5.74) is 5.66. The van der Waals surface area contributed by atoms with Gasteiger partial charge in [0, 0.05) is 49.9 Å². The first-order valence-corrected chi connectivity index (χ1v) is 10.9. The summed E-state index contributed by atoms with van der Waals surface area (Å²) in [5, 5.41) is 0.724. The fraction of sp³-hybridized carbons (Fsp3) is 0.458. The van der Waals surface area contributed by atoms with Gasteiger partial charge in [0.15, 0.2) is 0 Å². The largest absolute Gasteiger partial charge is 0.330 e. The lowest BCUT2D eigenvalue weighted by Crippen LogP contribution is -2.44. The van der Waals surface area contributed by atoms with Crippen LogP contribution in [0.25, 0.3) is 0 Å². The van der Waals surface area contributed by atoms with Gasteiger partial charge in [-0.2, -0.15) is 0 Å². The van der Waals surface area contributed by atoms with Crippen molar-refractivity contribution in [2.24, 2.45) is 0 Å². The molecule has 2 heterocycles. The van der Waals surface area contributed by atoms with Crippen LogP contribution in [0.5, 0.6) is 0 Å². The van der Waals surface area contributed by atoms with Gasteiger partial charge in [-0.1, -0.05) is 35.9 Å². The topological polar surface area (TPSA) is 26.8 Å². The van der Waals surface area contributed by atoms with E-state index in [4.69, 9.17) is 11.6 Å². The third kappa shape index (κ3) is 4.82. The minimum absolute atomic E-state index is 0.149. The van der Waals surface area contributed by atoms with E-state index < -0.39 is 0 Å². The molecular weight excluding hydrogens is 382 g/mol. The smallest absolute Gasteiger partial charge is 0.255 e. The van der Waals surface area contributed by atoms with E-state index in [0.717, 1.165) is 34.7 Å². The molecule has 2 aliphatic heterocycles. The first kappa shape index (κ1) is 20.4. The number of carbonyl (C=O) groups excluding carboxylic acids is 1. The van der Waals surface area contributed by atoms with Crippen LogP contribution in [0.2, 0.25) is 5.02 Å². The number of fused-ring (bicyclic) bond motifs is 1. The zero-order valence-corrected chi connectivity index (χ0v) is 18.2. The lowest BCUT2D eigenvalue weighted by molar-refractivity contribution is 0.0766. The molecule has 0 aliphatic carbocycles. The molecule has 29 heavy (non-hydrogen) atoms. The monoisotopic (exact) mass is 411 g/mol. The fourth-order valence-electron chi connectivity index (χ4n) is 4.47. The van der Waals surface area contributed by atoms with E-state index in [0.29, 0.717) is 13.1 Å². The highest BCUT2D eigenvalue weighted by molar-refractivity contribution is 6.30. The molecule has 1 fully saturated rings. The number of nitrogens with zero attached hydrogens (tertiary/aromatic N) is 3. The van der Waals surface area contributed by atoms with Crippen LogP contribution >= 0.6 is 11.6 Å². The van der Waals surface area contributed by atoms with Gasteiger partial charge in [0.1, 0.15) is 0 Å². The average Bonchev–Trinajstić information content (AvgIpc) is 3.01. The van der Waals surface area contributed by atoms with E-state index in [9.17, 15) is 4.79 Å². The summed E-state index contributed by atoms with van der Waals surface area (Å²) in [7, 11) is 2.20. The van der Waals surface area contributed by atoms with Gasteiger partial charge in [-0.25, -0.2) is 0 Å². The number of amides is 1. The van der Waals surface area contributed by atoms with Crippen LogP contribution in [-0.4, -0.2) is 60.4 Å². The minimum Gasteiger partial charge on any atom is -0.330 e. The molecule has 2 aromatic rings. The van der Waals surface area contributed by atoms with Crippen molar-refractivity contribution in [2.45, 2.75) is 32.9 Å². The molecule has 154 valence electrons. The Morgan fingerprint density at radius 3 is 2.45 bits per heavy atom. The summed E-state index contributed by atoms with van der Waals surface area (Å²) in [5.74, 6) is 0.149. The molecule has 1 amide bonds. The third-order valence-electron chi connectivity index (χ3n) is 6.16. The maximum absolute atomic E-state index is 12.9. The Morgan fingerprint density at radius 2 is 1.72 bits per heavy atom. The SMILES string of the molecule is Cc1cc(CCCN2CCN(C)CC2)cc2c1C(=O)N(Cc1ccc(Cl)cc1)C2. The maximum Gasteiger partial charge on any atom is 0.255 e. The van der Waals surface area contributed by atoms with Crippen molar-refractivity contribution in [3.63, 3.8) is 0 Å². The number of halogens is 1. The second kappa shape index (κ2) is 8.86. The maximum atomic E-state index is 12.9. The van der Waals surface area contributed by atoms with E-state index in [2.05, 4.69) is 35.9 Å². The molecule has 0 bridgehead atoms. The third-order valence-corrected chi connectivity index (χ3v) is 6.41. The molecule has 0 saturated carbocycles. The number of likely N-dealkylation sites (N-methyl/N-ethyl adjacent to an activating group) is 1. The summed E-state index contributed by atoms with van der Waals surface area (Å²) in [4.78, 5) is 19.8. The first-order valence-electron chi connectivity index (χ1n) is 10.6. The van der Waals surface area contributed by atoms with Crippen LogP contribution in [0, 0.1) is 6.92 Å². The molecule has 0 atom stereocenters. The Hall–Kier alpha value is -1.88. The van der Waals surface area contributed by atoms with E-state index in [1.165, 1.54) is 43.7 Å². The van der Waals surface area contributed by atoms with Crippen LogP contribution in [0.1, 0.15) is 39.0 Å². The number of carbonyl (C=O) groups is 1. The summed E-state index contributed by atoms with van der Waals surface area (Å²) in [6, 6.07) is 12.2. The summed E-state index contributed by atoms with van der Waals surface area (Å²) in [6.07, 6.45) is 2.25. The Morgan fingerprint density at radius 1 is 1.00 bits per heavy atom. The molecular formula is C24H30ClN3O. The number of benzene rings is 2. The van der Waals surface area contributed by atoms with Crippen molar-refractivity contribution in [3.05, 3.63) is 69.2 Å². The van der Waals surface area contributed by atoms with Gasteiger partial charge in [-0.15, -0.1) is 0 Å². The molecule has 0 spiro atoms. The molecule has 0 aromatic heterocycles. The summed E-state index contributed by atoms with van der Waals surface area (Å²) >= 11 is 5.98.